The average Bonchev–Trinajstić information content (AvgIpc) is 3.09. The summed E-state index contributed by atoms with van der Waals surface area (Å²) >= 11 is 13.1. The number of amides is 1. The molecule has 4 heterocycles. The molecule has 1 N–H and O–H groups in total. The molecule has 0 aliphatic carbocycles. The van der Waals surface area contributed by atoms with Crippen molar-refractivity contribution >= 4 is 55.9 Å². The first-order chi connectivity index (χ1) is 13.9. The number of pyridine rings is 2. The number of nitrogens with one attached hydrogen (secondary N) is 1. The van der Waals surface area contributed by atoms with Gasteiger partial charge in [-0.1, -0.05) is 22.9 Å². The molecule has 0 aliphatic rings. The van der Waals surface area contributed by atoms with Crippen LogP contribution in [0.5, 0.6) is 5.75 Å². The Bertz CT molecular complexity index is 1250. The molecule has 146 valence electrons. The first-order valence-corrected chi connectivity index (χ1v) is 9.79. The van der Waals surface area contributed by atoms with E-state index in [1.54, 1.807) is 12.1 Å². The number of rotatable bonds is 4. The molecule has 0 fully saturated rings. The van der Waals surface area contributed by atoms with E-state index in [0.29, 0.717) is 37.9 Å². The number of ether oxygens (including phenoxy) is 1. The van der Waals surface area contributed by atoms with Crippen molar-refractivity contribution in [1.29, 1.82) is 0 Å². The van der Waals surface area contributed by atoms with Gasteiger partial charge in [0.2, 0.25) is 5.28 Å². The van der Waals surface area contributed by atoms with Gasteiger partial charge in [0.15, 0.2) is 5.13 Å². The number of methoxy groups -OCH3 is 1. The van der Waals surface area contributed by atoms with Crippen LogP contribution >= 0.6 is 34.5 Å². The summed E-state index contributed by atoms with van der Waals surface area (Å²) < 4.78 is 5.39. The van der Waals surface area contributed by atoms with Gasteiger partial charge in [-0.3, -0.25) is 15.1 Å². The van der Waals surface area contributed by atoms with E-state index in [0.717, 1.165) is 5.69 Å². The van der Waals surface area contributed by atoms with Crippen molar-refractivity contribution in [2.45, 2.75) is 6.92 Å². The number of nitrogens with zero attached hydrogens (tertiary/aromatic N) is 5. The SMILES string of the molecule is COc1cnc(Cl)cc1-c1cc(C)ncc1C(=O)Nc1nc2cnc(Cl)nc2s1. The average molecular weight is 447 g/mol. The van der Waals surface area contributed by atoms with Crippen LogP contribution in [0.4, 0.5) is 5.13 Å². The highest BCUT2D eigenvalue weighted by molar-refractivity contribution is 7.22. The molecule has 4 aromatic heterocycles. The normalized spacial score (nSPS) is 10.9. The molecule has 0 aromatic carbocycles. The maximum Gasteiger partial charge on any atom is 0.259 e. The molecule has 0 bridgehead atoms. The Morgan fingerprint density at radius 3 is 2.69 bits per heavy atom. The molecule has 0 radical (unpaired) electrons. The highest BCUT2D eigenvalue weighted by atomic mass is 35.5. The van der Waals surface area contributed by atoms with Crippen LogP contribution < -0.4 is 10.1 Å². The maximum absolute atomic E-state index is 13.0. The number of aromatic nitrogens is 5. The van der Waals surface area contributed by atoms with Crippen LogP contribution in [-0.4, -0.2) is 37.9 Å². The lowest BCUT2D eigenvalue weighted by Gasteiger charge is -2.13. The first-order valence-electron chi connectivity index (χ1n) is 8.21. The molecule has 29 heavy (non-hydrogen) atoms. The topological polar surface area (TPSA) is 103 Å². The van der Waals surface area contributed by atoms with E-state index in [4.69, 9.17) is 27.9 Å². The summed E-state index contributed by atoms with van der Waals surface area (Å²) in [6.07, 6.45) is 4.50. The van der Waals surface area contributed by atoms with Crippen LogP contribution in [0.3, 0.4) is 0 Å². The molecule has 0 saturated heterocycles. The van der Waals surface area contributed by atoms with Gasteiger partial charge in [0.1, 0.15) is 21.2 Å². The molecular weight excluding hydrogens is 435 g/mol. The lowest BCUT2D eigenvalue weighted by molar-refractivity contribution is 0.102. The van der Waals surface area contributed by atoms with Crippen LogP contribution in [0, 0.1) is 6.92 Å². The third kappa shape index (κ3) is 3.98. The molecule has 0 aliphatic heterocycles. The van der Waals surface area contributed by atoms with E-state index in [1.165, 1.54) is 37.0 Å². The van der Waals surface area contributed by atoms with Crippen molar-refractivity contribution in [3.05, 3.63) is 52.4 Å². The Kier molecular flexibility index (Phi) is 5.27. The summed E-state index contributed by atoms with van der Waals surface area (Å²) in [5, 5.41) is 3.54. The maximum atomic E-state index is 13.0. The number of carbonyl (C=O) groups excluding carboxylic acids is 1. The fourth-order valence-electron chi connectivity index (χ4n) is 2.69. The second kappa shape index (κ2) is 7.86. The van der Waals surface area contributed by atoms with Crippen LogP contribution in [0.25, 0.3) is 21.5 Å². The molecular formula is C18H12Cl2N6O2S. The number of anilines is 1. The summed E-state index contributed by atoms with van der Waals surface area (Å²) in [4.78, 5) is 34.2. The number of aryl methyl sites for hydroxylation is 1. The van der Waals surface area contributed by atoms with E-state index in [-0.39, 0.29) is 16.3 Å². The molecule has 0 spiro atoms. The number of fused-ring (bicyclic) bond motifs is 1. The largest absolute Gasteiger partial charge is 0.494 e. The fraction of sp³-hybridized carbons (Fsp3) is 0.111. The lowest BCUT2D eigenvalue weighted by Crippen LogP contribution is -2.14. The Morgan fingerprint density at radius 1 is 1.07 bits per heavy atom. The van der Waals surface area contributed by atoms with Crippen LogP contribution in [0.2, 0.25) is 10.4 Å². The zero-order chi connectivity index (χ0) is 20.5. The molecule has 11 heteroatoms. The minimum Gasteiger partial charge on any atom is -0.494 e. The Labute approximate surface area is 178 Å². The van der Waals surface area contributed by atoms with Crippen molar-refractivity contribution in [2.75, 3.05) is 12.4 Å². The predicted octanol–water partition coefficient (Wildman–Crippen LogP) is 4.42. The molecule has 8 nitrogen and oxygen atoms in total. The van der Waals surface area contributed by atoms with Gasteiger partial charge in [0, 0.05) is 23.0 Å². The number of carbonyl (C=O) groups is 1. The minimum atomic E-state index is -0.388. The summed E-state index contributed by atoms with van der Waals surface area (Å²) in [6.45, 7) is 1.83. The number of halogens is 2. The molecule has 4 rings (SSSR count). The predicted molar refractivity (Wildman–Crippen MR) is 112 cm³/mol. The number of thiazole rings is 1. The second-order valence-corrected chi connectivity index (χ2v) is 7.58. The lowest BCUT2D eigenvalue weighted by atomic mass is 10.0. The Morgan fingerprint density at radius 2 is 1.90 bits per heavy atom. The van der Waals surface area contributed by atoms with Crippen molar-refractivity contribution in [3.63, 3.8) is 0 Å². The van der Waals surface area contributed by atoms with Crippen molar-refractivity contribution in [3.8, 4) is 16.9 Å². The van der Waals surface area contributed by atoms with E-state index < -0.39 is 0 Å². The highest BCUT2D eigenvalue weighted by Crippen LogP contribution is 2.34. The zero-order valence-electron chi connectivity index (χ0n) is 15.1. The summed E-state index contributed by atoms with van der Waals surface area (Å²) in [7, 11) is 1.52. The Balaban J connectivity index is 1.75. The van der Waals surface area contributed by atoms with E-state index in [2.05, 4.69) is 30.2 Å². The van der Waals surface area contributed by atoms with Crippen LogP contribution in [0.1, 0.15) is 16.1 Å². The van der Waals surface area contributed by atoms with Crippen molar-refractivity contribution < 1.29 is 9.53 Å². The van der Waals surface area contributed by atoms with Gasteiger partial charge in [-0.05, 0) is 30.7 Å². The van der Waals surface area contributed by atoms with Crippen LogP contribution in [-0.2, 0) is 0 Å². The van der Waals surface area contributed by atoms with Gasteiger partial charge in [0.25, 0.3) is 5.91 Å². The molecule has 1 amide bonds. The minimum absolute atomic E-state index is 0.116. The molecule has 0 unspecified atom stereocenters. The number of hydrogen-bond acceptors (Lipinski definition) is 8. The highest BCUT2D eigenvalue weighted by Gasteiger charge is 2.19. The third-order valence-corrected chi connectivity index (χ3v) is 5.24. The van der Waals surface area contributed by atoms with Gasteiger partial charge >= 0.3 is 0 Å². The van der Waals surface area contributed by atoms with E-state index in [1.807, 2.05) is 6.92 Å². The standard InChI is InChI=1S/C18H12Cl2N6O2S/c1-8-3-9(10-4-14(19)22-7-13(10)28-2)11(5-21-8)15(27)25-18-24-12-6-23-17(20)26-16(12)29-18/h3-7H,1-2H3,(H,24,25,27). The van der Waals surface area contributed by atoms with Crippen LogP contribution in [0.15, 0.2) is 30.7 Å². The van der Waals surface area contributed by atoms with Gasteiger partial charge in [-0.15, -0.1) is 0 Å². The third-order valence-electron chi connectivity index (χ3n) is 3.97. The first kappa shape index (κ1) is 19.4. The summed E-state index contributed by atoms with van der Waals surface area (Å²) in [6, 6.07) is 3.42. The molecule has 0 saturated carbocycles. The zero-order valence-corrected chi connectivity index (χ0v) is 17.4. The van der Waals surface area contributed by atoms with Crippen molar-refractivity contribution in [1.82, 2.24) is 24.9 Å². The number of hydrogen-bond donors (Lipinski definition) is 1. The van der Waals surface area contributed by atoms with Gasteiger partial charge < -0.3 is 4.74 Å². The molecule has 0 atom stereocenters. The second-order valence-electron chi connectivity index (χ2n) is 5.88. The quantitative estimate of drug-likeness (QED) is 0.365. The fourth-order valence-corrected chi connectivity index (χ4v) is 3.83. The summed E-state index contributed by atoms with van der Waals surface area (Å²) in [5.74, 6) is 0.0968. The van der Waals surface area contributed by atoms with E-state index in [9.17, 15) is 4.79 Å². The van der Waals surface area contributed by atoms with Gasteiger partial charge in [-0.2, -0.15) is 0 Å². The Hall–Kier alpha value is -2.88. The monoisotopic (exact) mass is 446 g/mol. The van der Waals surface area contributed by atoms with E-state index >= 15 is 0 Å². The van der Waals surface area contributed by atoms with Gasteiger partial charge in [-0.25, -0.2) is 19.9 Å². The van der Waals surface area contributed by atoms with Crippen molar-refractivity contribution in [2.24, 2.45) is 0 Å². The smallest absolute Gasteiger partial charge is 0.259 e. The summed E-state index contributed by atoms with van der Waals surface area (Å²) in [5.41, 5.74) is 2.85. The molecule has 4 aromatic rings. The van der Waals surface area contributed by atoms with Gasteiger partial charge in [0.05, 0.1) is 25.1 Å².